The van der Waals surface area contributed by atoms with Crippen LogP contribution in [0.3, 0.4) is 0 Å². The van der Waals surface area contributed by atoms with Crippen molar-refractivity contribution >= 4 is 17.1 Å². The lowest BCUT2D eigenvalue weighted by Crippen LogP contribution is -2.05. The zero-order chi connectivity index (χ0) is 13.2. The number of hydrogen-bond donors (Lipinski definition) is 1. The van der Waals surface area contributed by atoms with Gasteiger partial charge in [0.1, 0.15) is 5.52 Å². The molecule has 0 fully saturated rings. The van der Waals surface area contributed by atoms with Crippen molar-refractivity contribution in [3.05, 3.63) is 42.2 Å². The van der Waals surface area contributed by atoms with Crippen molar-refractivity contribution in [1.29, 1.82) is 0 Å². The zero-order valence-electron chi connectivity index (χ0n) is 10.4. The average molecular weight is 255 g/mol. The first-order chi connectivity index (χ1) is 9.28. The van der Waals surface area contributed by atoms with Crippen LogP contribution in [-0.4, -0.2) is 26.6 Å². The van der Waals surface area contributed by atoms with Crippen LogP contribution in [0.25, 0.3) is 11.2 Å². The number of nitrogen functional groups attached to an aromatic ring is 1. The van der Waals surface area contributed by atoms with Crippen LogP contribution in [0, 0.1) is 0 Å². The minimum Gasteiger partial charge on any atom is -0.481 e. The van der Waals surface area contributed by atoms with Gasteiger partial charge < -0.3 is 10.5 Å². The van der Waals surface area contributed by atoms with Crippen LogP contribution in [0.5, 0.6) is 5.88 Å². The Kier molecular flexibility index (Phi) is 2.75. The molecule has 6 nitrogen and oxygen atoms in total. The highest BCUT2D eigenvalue weighted by molar-refractivity contribution is 5.74. The van der Waals surface area contributed by atoms with E-state index in [9.17, 15) is 0 Å². The standard InChI is InChI=1S/C13H13N5O/c1-19-11-5-4-10-12(17-11)18(13(14)16-10)8-9-3-2-6-15-7-9/h2-7H,8H2,1H3,(H2,14,16). The SMILES string of the molecule is COc1ccc2nc(N)n(Cc3cccnc3)c2n1. The summed E-state index contributed by atoms with van der Waals surface area (Å²) in [6.07, 6.45) is 3.53. The summed E-state index contributed by atoms with van der Waals surface area (Å²) in [7, 11) is 1.58. The predicted octanol–water partition coefficient (Wildman–Crippen LogP) is 1.47. The first-order valence-corrected chi connectivity index (χ1v) is 5.83. The largest absolute Gasteiger partial charge is 0.481 e. The van der Waals surface area contributed by atoms with E-state index in [4.69, 9.17) is 10.5 Å². The van der Waals surface area contributed by atoms with Gasteiger partial charge >= 0.3 is 0 Å². The van der Waals surface area contributed by atoms with Gasteiger partial charge in [-0.05, 0) is 17.7 Å². The molecular formula is C13H13N5O. The summed E-state index contributed by atoms with van der Waals surface area (Å²) in [6, 6.07) is 7.48. The fourth-order valence-corrected chi connectivity index (χ4v) is 1.95. The van der Waals surface area contributed by atoms with E-state index >= 15 is 0 Å². The first kappa shape index (κ1) is 11.5. The number of fused-ring (bicyclic) bond motifs is 1. The molecule has 0 saturated carbocycles. The number of imidazole rings is 1. The molecular weight excluding hydrogens is 242 g/mol. The number of ether oxygens (including phenoxy) is 1. The Balaban J connectivity index is 2.09. The Morgan fingerprint density at radius 1 is 1.26 bits per heavy atom. The highest BCUT2D eigenvalue weighted by atomic mass is 16.5. The molecule has 3 aromatic rings. The lowest BCUT2D eigenvalue weighted by Gasteiger charge is -2.06. The first-order valence-electron chi connectivity index (χ1n) is 5.83. The topological polar surface area (TPSA) is 78.9 Å². The summed E-state index contributed by atoms with van der Waals surface area (Å²) in [5.74, 6) is 0.972. The Bertz CT molecular complexity index is 708. The molecule has 3 aromatic heterocycles. The van der Waals surface area contributed by atoms with Crippen LogP contribution in [0.1, 0.15) is 5.56 Å². The average Bonchev–Trinajstić information content (AvgIpc) is 2.76. The van der Waals surface area contributed by atoms with Gasteiger partial charge in [-0.2, -0.15) is 4.98 Å². The highest BCUT2D eigenvalue weighted by Crippen LogP contribution is 2.20. The summed E-state index contributed by atoms with van der Waals surface area (Å²) in [4.78, 5) is 12.8. The van der Waals surface area contributed by atoms with E-state index in [-0.39, 0.29) is 0 Å². The third-order valence-electron chi connectivity index (χ3n) is 2.87. The quantitative estimate of drug-likeness (QED) is 0.766. The normalized spacial score (nSPS) is 10.8. The number of methoxy groups -OCH3 is 1. The molecule has 0 spiro atoms. The van der Waals surface area contributed by atoms with Crippen molar-refractivity contribution in [2.75, 3.05) is 12.8 Å². The maximum Gasteiger partial charge on any atom is 0.215 e. The molecule has 0 bridgehead atoms. The van der Waals surface area contributed by atoms with Gasteiger partial charge in [0, 0.05) is 18.5 Å². The lowest BCUT2D eigenvalue weighted by atomic mass is 10.3. The Morgan fingerprint density at radius 2 is 2.16 bits per heavy atom. The number of pyridine rings is 2. The van der Waals surface area contributed by atoms with Gasteiger partial charge in [-0.15, -0.1) is 0 Å². The van der Waals surface area contributed by atoms with Crippen molar-refractivity contribution < 1.29 is 4.74 Å². The van der Waals surface area contributed by atoms with Gasteiger partial charge in [-0.1, -0.05) is 6.07 Å². The van der Waals surface area contributed by atoms with E-state index in [0.29, 0.717) is 24.0 Å². The van der Waals surface area contributed by atoms with Gasteiger partial charge in [0.15, 0.2) is 5.65 Å². The molecule has 0 saturated heterocycles. The molecule has 0 aromatic carbocycles. The third-order valence-corrected chi connectivity index (χ3v) is 2.87. The fraction of sp³-hybridized carbons (Fsp3) is 0.154. The van der Waals surface area contributed by atoms with E-state index in [2.05, 4.69) is 15.0 Å². The molecule has 0 aliphatic heterocycles. The minimum absolute atomic E-state index is 0.430. The third kappa shape index (κ3) is 2.08. The minimum atomic E-state index is 0.430. The lowest BCUT2D eigenvalue weighted by molar-refractivity contribution is 0.399. The maximum atomic E-state index is 5.94. The van der Waals surface area contributed by atoms with Gasteiger partial charge in [-0.25, -0.2) is 4.98 Å². The van der Waals surface area contributed by atoms with Crippen LogP contribution >= 0.6 is 0 Å². The Labute approximate surface area is 109 Å². The molecule has 0 aliphatic carbocycles. The number of hydrogen-bond acceptors (Lipinski definition) is 5. The second-order valence-corrected chi connectivity index (χ2v) is 4.11. The van der Waals surface area contributed by atoms with Gasteiger partial charge in [-0.3, -0.25) is 9.55 Å². The van der Waals surface area contributed by atoms with Crippen molar-refractivity contribution in [3.63, 3.8) is 0 Å². The summed E-state index contributed by atoms with van der Waals surface area (Å²) in [5, 5.41) is 0. The highest BCUT2D eigenvalue weighted by Gasteiger charge is 2.11. The molecule has 0 radical (unpaired) electrons. The molecule has 0 unspecified atom stereocenters. The fourth-order valence-electron chi connectivity index (χ4n) is 1.95. The molecule has 2 N–H and O–H groups in total. The molecule has 6 heteroatoms. The summed E-state index contributed by atoms with van der Waals surface area (Å²) in [5.41, 5.74) is 8.44. The van der Waals surface area contributed by atoms with E-state index in [1.54, 1.807) is 25.6 Å². The molecule has 0 amide bonds. The molecule has 96 valence electrons. The predicted molar refractivity (Wildman–Crippen MR) is 71.8 cm³/mol. The Morgan fingerprint density at radius 3 is 2.89 bits per heavy atom. The van der Waals surface area contributed by atoms with E-state index < -0.39 is 0 Å². The van der Waals surface area contributed by atoms with Crippen molar-refractivity contribution in [2.45, 2.75) is 6.54 Å². The molecule has 0 atom stereocenters. The smallest absolute Gasteiger partial charge is 0.215 e. The monoisotopic (exact) mass is 255 g/mol. The van der Waals surface area contributed by atoms with Crippen molar-refractivity contribution in [2.24, 2.45) is 0 Å². The van der Waals surface area contributed by atoms with Crippen molar-refractivity contribution in [3.8, 4) is 5.88 Å². The van der Waals surface area contributed by atoms with Gasteiger partial charge in [0.2, 0.25) is 11.8 Å². The number of nitrogens with zero attached hydrogens (tertiary/aromatic N) is 4. The van der Waals surface area contributed by atoms with Crippen molar-refractivity contribution in [1.82, 2.24) is 19.5 Å². The van der Waals surface area contributed by atoms with Gasteiger partial charge in [0.05, 0.1) is 13.7 Å². The van der Waals surface area contributed by atoms with Crippen LogP contribution in [0.2, 0.25) is 0 Å². The number of aromatic nitrogens is 4. The van der Waals surface area contributed by atoms with Crippen LogP contribution in [0.15, 0.2) is 36.7 Å². The van der Waals surface area contributed by atoms with Crippen LogP contribution in [-0.2, 0) is 6.54 Å². The number of rotatable bonds is 3. The summed E-state index contributed by atoms with van der Waals surface area (Å²) < 4.78 is 6.97. The van der Waals surface area contributed by atoms with E-state index in [1.165, 1.54) is 0 Å². The van der Waals surface area contributed by atoms with Gasteiger partial charge in [0.25, 0.3) is 0 Å². The number of anilines is 1. The van der Waals surface area contributed by atoms with Crippen LogP contribution < -0.4 is 10.5 Å². The zero-order valence-corrected chi connectivity index (χ0v) is 10.4. The molecule has 19 heavy (non-hydrogen) atoms. The summed E-state index contributed by atoms with van der Waals surface area (Å²) >= 11 is 0. The Hall–Kier alpha value is -2.63. The van der Waals surface area contributed by atoms with E-state index in [0.717, 1.165) is 11.1 Å². The maximum absolute atomic E-state index is 5.94. The molecule has 3 heterocycles. The second kappa shape index (κ2) is 4.56. The number of nitrogens with two attached hydrogens (primary N) is 1. The van der Waals surface area contributed by atoms with E-state index in [1.807, 2.05) is 22.8 Å². The molecule has 3 rings (SSSR count). The second-order valence-electron chi connectivity index (χ2n) is 4.11. The van der Waals surface area contributed by atoms with Crippen LogP contribution in [0.4, 0.5) is 5.95 Å². The summed E-state index contributed by atoms with van der Waals surface area (Å²) in [6.45, 7) is 0.580. The molecule has 0 aliphatic rings.